The molecular weight excluding hydrogens is 691 g/mol. The Labute approximate surface area is 298 Å². The van der Waals surface area contributed by atoms with E-state index in [0.717, 1.165) is 6.42 Å². The van der Waals surface area contributed by atoms with Gasteiger partial charge in [-0.3, -0.25) is 0 Å². The molecule has 0 radical (unpaired) electrons. The first-order valence-corrected chi connectivity index (χ1v) is 23.6. The topological polar surface area (TPSA) is 0 Å². The zero-order valence-electron chi connectivity index (χ0n) is 30.1. The molecule has 0 bridgehead atoms. The molecule has 0 nitrogen and oxygen atoms in total. The molecule has 0 aliphatic heterocycles. The summed E-state index contributed by atoms with van der Waals surface area (Å²) in [5.74, 6) is 0.782. The molecule has 47 heavy (non-hydrogen) atoms. The van der Waals surface area contributed by atoms with E-state index >= 15 is 0 Å². The molecule has 0 fully saturated rings. The van der Waals surface area contributed by atoms with Crippen LogP contribution in [0.25, 0.3) is 11.1 Å². The molecule has 0 amide bonds. The Bertz CT molecular complexity index is 1860. The number of hydrogen-bond donors (Lipinski definition) is 0. The fraction of sp³-hybridized carbons (Fsp3) is 0.341. The average Bonchev–Trinajstić information content (AvgIpc) is 3.53. The van der Waals surface area contributed by atoms with Gasteiger partial charge in [0.1, 0.15) is 0 Å². The maximum absolute atomic E-state index is 5.83. The molecular formula is C44H54Cl2Zr. The fourth-order valence-electron chi connectivity index (χ4n) is 8.80. The summed E-state index contributed by atoms with van der Waals surface area (Å²) in [6, 6.07) is 35.7. The van der Waals surface area contributed by atoms with Crippen LogP contribution in [0.15, 0.2) is 111 Å². The van der Waals surface area contributed by atoms with Gasteiger partial charge in [0, 0.05) is 0 Å². The van der Waals surface area contributed by atoms with Crippen molar-refractivity contribution in [2.45, 2.75) is 86.5 Å². The van der Waals surface area contributed by atoms with E-state index in [1.165, 1.54) is 54.3 Å². The molecule has 1 atom stereocenters. The van der Waals surface area contributed by atoms with Crippen LogP contribution in [0.4, 0.5) is 0 Å². The minimum absolute atomic E-state index is 0. The Balaban J connectivity index is 0.00000250. The number of halogens is 2. The Kier molecular flexibility index (Phi) is 10.3. The van der Waals surface area contributed by atoms with Crippen LogP contribution >= 0.6 is 24.8 Å². The molecule has 0 N–H and O–H groups in total. The molecule has 0 saturated heterocycles. The normalized spacial score (nSPS) is 16.3. The number of allylic oxidation sites excluding steroid dienone is 4. The number of fused-ring (bicyclic) bond motifs is 3. The Hall–Kier alpha value is -2.31. The first-order chi connectivity index (χ1) is 21.1. The Morgan fingerprint density at radius 1 is 0.681 bits per heavy atom. The Morgan fingerprint density at radius 2 is 1.17 bits per heavy atom. The van der Waals surface area contributed by atoms with Gasteiger partial charge in [0.05, 0.1) is 0 Å². The van der Waals surface area contributed by atoms with Crippen LogP contribution in [-0.4, -0.2) is 4.21 Å². The summed E-state index contributed by atoms with van der Waals surface area (Å²) >= 11 is -4.92. The van der Waals surface area contributed by atoms with Gasteiger partial charge in [-0.1, -0.05) is 0 Å². The van der Waals surface area contributed by atoms with E-state index in [-0.39, 0.29) is 35.6 Å². The fourth-order valence-corrected chi connectivity index (χ4v) is 26.2. The van der Waals surface area contributed by atoms with Crippen molar-refractivity contribution in [3.05, 3.63) is 134 Å². The summed E-state index contributed by atoms with van der Waals surface area (Å²) in [7, 11) is 0. The van der Waals surface area contributed by atoms with Crippen LogP contribution < -0.4 is 9.81 Å². The van der Waals surface area contributed by atoms with E-state index in [2.05, 4.69) is 166 Å². The van der Waals surface area contributed by atoms with E-state index in [1.54, 1.807) is 3.28 Å². The van der Waals surface area contributed by atoms with Crippen molar-refractivity contribution in [2.24, 2.45) is 11.8 Å². The summed E-state index contributed by atoms with van der Waals surface area (Å²) in [4.78, 5) is 0. The third-order valence-electron chi connectivity index (χ3n) is 11.2. The van der Waals surface area contributed by atoms with Crippen LogP contribution in [0.1, 0.15) is 91.5 Å². The van der Waals surface area contributed by atoms with Crippen LogP contribution in [0, 0.1) is 11.8 Å². The van der Waals surface area contributed by atoms with Crippen molar-refractivity contribution < 1.29 is 18.3 Å². The molecule has 0 saturated carbocycles. The zero-order chi connectivity index (χ0) is 32.6. The second kappa shape index (κ2) is 12.9. The van der Waals surface area contributed by atoms with Gasteiger partial charge in [0.15, 0.2) is 0 Å². The van der Waals surface area contributed by atoms with E-state index in [4.69, 9.17) is 4.21 Å². The first-order valence-electron chi connectivity index (χ1n) is 17.0. The number of hydrogen-bond acceptors (Lipinski definition) is 0. The van der Waals surface area contributed by atoms with Crippen LogP contribution in [0.5, 0.6) is 0 Å². The molecule has 4 aromatic rings. The molecule has 0 aromatic heterocycles. The van der Waals surface area contributed by atoms with Gasteiger partial charge < -0.3 is 0 Å². The van der Waals surface area contributed by atoms with Crippen molar-refractivity contribution in [1.29, 1.82) is 0 Å². The molecule has 0 spiro atoms. The predicted molar refractivity (Wildman–Crippen MR) is 210 cm³/mol. The summed E-state index contributed by atoms with van der Waals surface area (Å²) in [5, 5.41) is 0. The third kappa shape index (κ3) is 5.77. The number of rotatable bonds is 5. The van der Waals surface area contributed by atoms with E-state index < -0.39 is 18.3 Å². The van der Waals surface area contributed by atoms with Gasteiger partial charge in [0.2, 0.25) is 0 Å². The SMILES string of the molecule is Cl.Cl.[CH2]=[Zr]([C]1=C(C)C(C(C)C)=CC1C)([c]1ccc(C(C)(C)C)cc1)([c]1ccc(C(C)(C)C)cc1)[c]1cccc2c1Cc1ccccc1-2. The standard InChI is InChI=1S/C13H9.C10H15.2C10H13.CH2.2ClH.Zr/c1-3-7-12-10(5-1)9-11-6-2-4-8-13(11)12;1-7(2)10-6-8(3)5-9(10)4;2*1-10(2,3)9-7-5-4-6-8-9;;;;/h1-5,7-8H,9H2;6-8H,1-4H3;2*5-8H,1-3H3;1H2;2*1H;. The molecule has 2 aliphatic rings. The zero-order valence-corrected chi connectivity index (χ0v) is 34.2. The van der Waals surface area contributed by atoms with Crippen molar-refractivity contribution >= 4 is 38.8 Å². The van der Waals surface area contributed by atoms with Gasteiger partial charge in [0.25, 0.3) is 0 Å². The minimum atomic E-state index is -4.92. The summed E-state index contributed by atoms with van der Waals surface area (Å²) < 4.78 is 11.8. The molecule has 248 valence electrons. The molecule has 0 heterocycles. The second-order valence-electron chi connectivity index (χ2n) is 16.4. The van der Waals surface area contributed by atoms with Crippen LogP contribution in [-0.2, 0) is 35.5 Å². The van der Waals surface area contributed by atoms with Crippen molar-refractivity contribution in [1.82, 2.24) is 0 Å². The molecule has 3 heteroatoms. The molecule has 6 rings (SSSR count). The molecule has 1 unspecified atom stereocenters. The summed E-state index contributed by atoms with van der Waals surface area (Å²) in [6.07, 6.45) is 3.53. The van der Waals surface area contributed by atoms with Gasteiger partial charge in [-0.25, -0.2) is 0 Å². The molecule has 4 aromatic carbocycles. The average molecular weight is 745 g/mol. The first kappa shape index (κ1) is 37.5. The van der Waals surface area contributed by atoms with Crippen molar-refractivity contribution in [2.75, 3.05) is 0 Å². The van der Waals surface area contributed by atoms with Gasteiger partial charge in [-0.05, 0) is 0 Å². The van der Waals surface area contributed by atoms with Crippen molar-refractivity contribution in [3.63, 3.8) is 0 Å². The van der Waals surface area contributed by atoms with Crippen LogP contribution in [0.3, 0.4) is 0 Å². The maximum atomic E-state index is 5.83. The van der Waals surface area contributed by atoms with E-state index in [9.17, 15) is 0 Å². The van der Waals surface area contributed by atoms with Gasteiger partial charge in [-0.15, -0.1) is 24.8 Å². The predicted octanol–water partition coefficient (Wildman–Crippen LogP) is 10.6. The summed E-state index contributed by atoms with van der Waals surface area (Å²) in [5.41, 5.74) is 11.6. The quantitative estimate of drug-likeness (QED) is 0.168. The Morgan fingerprint density at radius 3 is 1.64 bits per heavy atom. The molecule has 2 aliphatic carbocycles. The summed E-state index contributed by atoms with van der Waals surface area (Å²) in [6.45, 7) is 23.4. The van der Waals surface area contributed by atoms with Crippen molar-refractivity contribution in [3.8, 4) is 11.1 Å². The number of benzene rings is 4. The van der Waals surface area contributed by atoms with E-state index in [0.29, 0.717) is 11.8 Å². The van der Waals surface area contributed by atoms with E-state index in [1.807, 2.05) is 0 Å². The van der Waals surface area contributed by atoms with Crippen LogP contribution in [0.2, 0.25) is 0 Å². The van der Waals surface area contributed by atoms with Gasteiger partial charge in [-0.2, -0.15) is 0 Å². The third-order valence-corrected chi connectivity index (χ3v) is 28.1. The van der Waals surface area contributed by atoms with Gasteiger partial charge >= 0.3 is 276 Å². The second-order valence-corrected chi connectivity index (χ2v) is 29.0. The monoisotopic (exact) mass is 742 g/mol.